The van der Waals surface area contributed by atoms with Crippen LogP contribution in [0.2, 0.25) is 0 Å². The molecule has 0 saturated carbocycles. The highest BCUT2D eigenvalue weighted by molar-refractivity contribution is 7.09. The van der Waals surface area contributed by atoms with Crippen LogP contribution >= 0.6 is 22.9 Å². The van der Waals surface area contributed by atoms with E-state index in [-0.39, 0.29) is 5.88 Å². The molecule has 0 aromatic carbocycles. The Morgan fingerprint density at radius 3 is 2.92 bits per heavy atom. The lowest BCUT2D eigenvalue weighted by Crippen LogP contribution is -1.80. The van der Waals surface area contributed by atoms with Crippen molar-refractivity contribution in [3.05, 3.63) is 16.2 Å². The second-order valence-corrected chi connectivity index (χ2v) is 3.73. The molecule has 2 heterocycles. The molecule has 0 N–H and O–H groups in total. The largest absolute Gasteiger partial charge is 0.332 e. The molecule has 2 rings (SSSR count). The highest BCUT2D eigenvalue weighted by Crippen LogP contribution is 2.19. The number of rotatable bonds is 2. The van der Waals surface area contributed by atoms with E-state index in [0.717, 1.165) is 5.01 Å². The lowest BCUT2D eigenvalue weighted by atomic mass is 10.5. The molecular weight excluding hydrogens is 210 g/mol. The van der Waals surface area contributed by atoms with Gasteiger partial charge in [-0.3, -0.25) is 0 Å². The number of hydrogen-bond donors (Lipinski definition) is 0. The molecule has 4 nitrogen and oxygen atoms in total. The van der Waals surface area contributed by atoms with Gasteiger partial charge in [0, 0.05) is 5.38 Å². The Labute approximate surface area is 83.6 Å². The molecule has 0 bridgehead atoms. The van der Waals surface area contributed by atoms with Gasteiger partial charge in [-0.1, -0.05) is 5.16 Å². The molecule has 0 saturated heterocycles. The third-order valence-corrected chi connectivity index (χ3v) is 2.44. The number of hydrogen-bond acceptors (Lipinski definition) is 5. The lowest BCUT2D eigenvalue weighted by molar-refractivity contribution is 0.424. The fourth-order valence-corrected chi connectivity index (χ4v) is 1.57. The number of halogens is 1. The molecule has 0 unspecified atom stereocenters. The second kappa shape index (κ2) is 3.43. The van der Waals surface area contributed by atoms with Crippen LogP contribution in [0.5, 0.6) is 0 Å². The van der Waals surface area contributed by atoms with Crippen molar-refractivity contribution < 1.29 is 4.52 Å². The fraction of sp³-hybridized carbons (Fsp3) is 0.286. The van der Waals surface area contributed by atoms with Crippen molar-refractivity contribution in [3.8, 4) is 11.6 Å². The summed E-state index contributed by atoms with van der Waals surface area (Å²) in [6.07, 6.45) is 0. The van der Waals surface area contributed by atoms with Gasteiger partial charge >= 0.3 is 0 Å². The van der Waals surface area contributed by atoms with E-state index in [2.05, 4.69) is 15.1 Å². The minimum Gasteiger partial charge on any atom is -0.332 e. The van der Waals surface area contributed by atoms with E-state index in [4.69, 9.17) is 16.1 Å². The van der Waals surface area contributed by atoms with Gasteiger partial charge in [0.2, 0.25) is 0 Å². The minimum absolute atomic E-state index is 0.257. The quantitative estimate of drug-likeness (QED) is 0.721. The summed E-state index contributed by atoms with van der Waals surface area (Å²) in [4.78, 5) is 8.25. The van der Waals surface area contributed by atoms with Crippen LogP contribution < -0.4 is 0 Å². The molecule has 0 aliphatic rings. The van der Waals surface area contributed by atoms with E-state index in [1.807, 2.05) is 12.3 Å². The van der Waals surface area contributed by atoms with Gasteiger partial charge in [-0.25, -0.2) is 4.98 Å². The van der Waals surface area contributed by atoms with Crippen molar-refractivity contribution >= 4 is 22.9 Å². The summed E-state index contributed by atoms with van der Waals surface area (Å²) < 4.78 is 4.95. The zero-order valence-electron chi connectivity index (χ0n) is 6.82. The number of thiazole rings is 1. The summed E-state index contributed by atoms with van der Waals surface area (Å²) in [6, 6.07) is 0. The maximum Gasteiger partial charge on any atom is 0.277 e. The molecule has 13 heavy (non-hydrogen) atoms. The van der Waals surface area contributed by atoms with Crippen molar-refractivity contribution in [1.29, 1.82) is 0 Å². The summed E-state index contributed by atoms with van der Waals surface area (Å²) in [7, 11) is 0. The Morgan fingerprint density at radius 1 is 1.54 bits per heavy atom. The summed E-state index contributed by atoms with van der Waals surface area (Å²) in [5.41, 5.74) is 0.714. The van der Waals surface area contributed by atoms with Gasteiger partial charge < -0.3 is 4.52 Å². The Kier molecular flexibility index (Phi) is 2.28. The van der Waals surface area contributed by atoms with E-state index in [0.29, 0.717) is 17.4 Å². The standard InChI is InChI=1S/C7H6ClN3OS/c1-4-9-5(3-13-4)7-10-6(2-8)11-12-7/h3H,2H2,1H3. The third-order valence-electron chi connectivity index (χ3n) is 1.43. The number of aryl methyl sites for hydroxylation is 1. The van der Waals surface area contributed by atoms with Crippen molar-refractivity contribution in [2.75, 3.05) is 0 Å². The topological polar surface area (TPSA) is 51.8 Å². The first-order chi connectivity index (χ1) is 6.29. The molecule has 68 valence electrons. The highest BCUT2D eigenvalue weighted by Gasteiger charge is 2.10. The van der Waals surface area contributed by atoms with Gasteiger partial charge in [0.05, 0.1) is 10.9 Å². The summed E-state index contributed by atoms with van der Waals surface area (Å²) in [6.45, 7) is 1.92. The summed E-state index contributed by atoms with van der Waals surface area (Å²) in [5, 5.41) is 6.52. The molecule has 2 aromatic heterocycles. The zero-order chi connectivity index (χ0) is 9.26. The van der Waals surface area contributed by atoms with E-state index in [9.17, 15) is 0 Å². The Morgan fingerprint density at radius 2 is 2.38 bits per heavy atom. The average molecular weight is 216 g/mol. The highest BCUT2D eigenvalue weighted by atomic mass is 35.5. The normalized spacial score (nSPS) is 10.6. The van der Waals surface area contributed by atoms with Crippen LogP contribution in [0.15, 0.2) is 9.90 Å². The SMILES string of the molecule is Cc1nc(-c2nc(CCl)no2)cs1. The van der Waals surface area contributed by atoms with E-state index >= 15 is 0 Å². The third kappa shape index (κ3) is 1.71. The van der Waals surface area contributed by atoms with Crippen LogP contribution in [0.3, 0.4) is 0 Å². The number of aromatic nitrogens is 3. The van der Waals surface area contributed by atoms with Gasteiger partial charge in [0.1, 0.15) is 5.69 Å². The summed E-state index contributed by atoms with van der Waals surface area (Å²) >= 11 is 7.07. The zero-order valence-corrected chi connectivity index (χ0v) is 8.39. The molecule has 0 aliphatic carbocycles. The lowest BCUT2D eigenvalue weighted by Gasteiger charge is -1.81. The van der Waals surface area contributed by atoms with Crippen molar-refractivity contribution in [1.82, 2.24) is 15.1 Å². The smallest absolute Gasteiger partial charge is 0.277 e. The van der Waals surface area contributed by atoms with Crippen LogP contribution in [0.4, 0.5) is 0 Å². The second-order valence-electron chi connectivity index (χ2n) is 2.40. The number of nitrogens with zero attached hydrogens (tertiary/aromatic N) is 3. The number of alkyl halides is 1. The first-order valence-corrected chi connectivity index (χ1v) is 5.02. The predicted molar refractivity (Wildman–Crippen MR) is 49.7 cm³/mol. The van der Waals surface area contributed by atoms with Crippen molar-refractivity contribution in [2.24, 2.45) is 0 Å². The molecule has 0 amide bonds. The van der Waals surface area contributed by atoms with Crippen molar-refractivity contribution in [2.45, 2.75) is 12.8 Å². The van der Waals surface area contributed by atoms with E-state index in [1.54, 1.807) is 11.3 Å². The Balaban J connectivity index is 2.35. The Hall–Kier alpha value is -0.940. The Bertz CT molecular complexity index is 411. The maximum absolute atomic E-state index is 5.53. The van der Waals surface area contributed by atoms with Crippen LogP contribution in [0, 0.1) is 6.92 Å². The average Bonchev–Trinajstić information content (AvgIpc) is 2.71. The predicted octanol–water partition coefficient (Wildman–Crippen LogP) is 2.24. The van der Waals surface area contributed by atoms with Crippen LogP contribution in [0.1, 0.15) is 10.8 Å². The van der Waals surface area contributed by atoms with Gasteiger partial charge in [-0.15, -0.1) is 22.9 Å². The molecular formula is C7H6ClN3OS. The van der Waals surface area contributed by atoms with Crippen LogP contribution in [-0.2, 0) is 5.88 Å². The van der Waals surface area contributed by atoms with Crippen LogP contribution in [-0.4, -0.2) is 15.1 Å². The minimum atomic E-state index is 0.257. The van der Waals surface area contributed by atoms with Gasteiger partial charge in [0.25, 0.3) is 5.89 Å². The van der Waals surface area contributed by atoms with Crippen molar-refractivity contribution in [3.63, 3.8) is 0 Å². The van der Waals surface area contributed by atoms with E-state index in [1.165, 1.54) is 0 Å². The monoisotopic (exact) mass is 215 g/mol. The van der Waals surface area contributed by atoms with Gasteiger partial charge in [-0.2, -0.15) is 4.98 Å². The molecule has 6 heteroatoms. The molecule has 0 aliphatic heterocycles. The fourth-order valence-electron chi connectivity index (χ4n) is 0.874. The molecule has 0 fully saturated rings. The summed E-state index contributed by atoms with van der Waals surface area (Å²) in [5.74, 6) is 1.18. The van der Waals surface area contributed by atoms with Crippen LogP contribution in [0.25, 0.3) is 11.6 Å². The molecule has 0 spiro atoms. The van der Waals surface area contributed by atoms with E-state index < -0.39 is 0 Å². The first kappa shape index (κ1) is 8.65. The van der Waals surface area contributed by atoms with Gasteiger partial charge in [-0.05, 0) is 6.92 Å². The van der Waals surface area contributed by atoms with Gasteiger partial charge in [0.15, 0.2) is 5.82 Å². The molecule has 0 radical (unpaired) electrons. The maximum atomic E-state index is 5.53. The molecule has 0 atom stereocenters. The molecule has 2 aromatic rings. The first-order valence-electron chi connectivity index (χ1n) is 3.60.